The van der Waals surface area contributed by atoms with Gasteiger partial charge in [0.1, 0.15) is 5.82 Å². The molecule has 5 rings (SSSR count). The van der Waals surface area contributed by atoms with Crippen LogP contribution < -0.4 is 5.32 Å². The molecule has 0 aromatic carbocycles. The third-order valence-corrected chi connectivity index (χ3v) is 5.81. The van der Waals surface area contributed by atoms with Crippen molar-refractivity contribution in [3.63, 3.8) is 0 Å². The topological polar surface area (TPSA) is 41.1 Å². The van der Waals surface area contributed by atoms with E-state index in [4.69, 9.17) is 9.97 Å². The van der Waals surface area contributed by atoms with Crippen molar-refractivity contribution in [3.8, 4) is 0 Å². The van der Waals surface area contributed by atoms with Crippen molar-refractivity contribution in [3.05, 3.63) is 23.8 Å². The lowest BCUT2D eigenvalue weighted by atomic mass is 9.89. The van der Waals surface area contributed by atoms with E-state index in [2.05, 4.69) is 22.6 Å². The van der Waals surface area contributed by atoms with E-state index in [1.54, 1.807) is 0 Å². The molecule has 1 saturated carbocycles. The molecule has 136 valence electrons. The summed E-state index contributed by atoms with van der Waals surface area (Å²) in [6, 6.07) is 0.705. The standard InChI is InChI=1S/C18H28N4.2ClH/c1-2-4-16(5-3-1)18-20-9-15(10-21-18)13-22-12-14-6-7-17(22)11-19-8-14;;/h9-10,14,16-17,19H,1-8,11-13H2;2*1H/t14-,17+;;/m1../s1. The first-order chi connectivity index (χ1) is 10.9. The number of halogens is 2. The minimum absolute atomic E-state index is 0. The largest absolute Gasteiger partial charge is 0.315 e. The van der Waals surface area contributed by atoms with Gasteiger partial charge in [0, 0.05) is 49.6 Å². The molecule has 3 saturated heterocycles. The molecule has 0 unspecified atom stereocenters. The van der Waals surface area contributed by atoms with Crippen molar-refractivity contribution in [1.29, 1.82) is 0 Å². The maximum absolute atomic E-state index is 4.70. The van der Waals surface area contributed by atoms with Crippen LogP contribution >= 0.6 is 24.8 Å². The minimum atomic E-state index is 0. The van der Waals surface area contributed by atoms with Crippen molar-refractivity contribution >= 4 is 24.8 Å². The molecule has 4 heterocycles. The van der Waals surface area contributed by atoms with Crippen molar-refractivity contribution in [2.24, 2.45) is 5.92 Å². The Bertz CT molecular complexity index is 486. The van der Waals surface area contributed by atoms with Gasteiger partial charge in [0.25, 0.3) is 0 Å². The van der Waals surface area contributed by atoms with Crippen LogP contribution in [0.1, 0.15) is 62.3 Å². The average molecular weight is 373 g/mol. The van der Waals surface area contributed by atoms with Crippen molar-refractivity contribution in [2.75, 3.05) is 19.6 Å². The van der Waals surface area contributed by atoms with E-state index in [1.807, 2.05) is 0 Å². The van der Waals surface area contributed by atoms with Crippen LogP contribution in [0.25, 0.3) is 0 Å². The summed E-state index contributed by atoms with van der Waals surface area (Å²) in [5, 5.41) is 3.60. The minimum Gasteiger partial charge on any atom is -0.315 e. The number of nitrogens with one attached hydrogen (secondary N) is 1. The first-order valence-electron chi connectivity index (χ1n) is 9.14. The molecule has 1 aliphatic carbocycles. The highest BCUT2D eigenvalue weighted by Gasteiger charge is 2.31. The number of rotatable bonds is 3. The van der Waals surface area contributed by atoms with Gasteiger partial charge in [-0.25, -0.2) is 9.97 Å². The smallest absolute Gasteiger partial charge is 0.131 e. The molecule has 1 aromatic rings. The van der Waals surface area contributed by atoms with Gasteiger partial charge in [-0.1, -0.05) is 19.3 Å². The molecule has 4 nitrogen and oxygen atoms in total. The predicted octanol–water partition coefficient (Wildman–Crippen LogP) is 3.55. The highest BCUT2D eigenvalue weighted by atomic mass is 35.5. The Kier molecular flexibility index (Phi) is 7.73. The Morgan fingerprint density at radius 2 is 1.71 bits per heavy atom. The number of hydrogen-bond donors (Lipinski definition) is 1. The van der Waals surface area contributed by atoms with E-state index in [0.29, 0.717) is 12.0 Å². The molecule has 0 radical (unpaired) electrons. The molecule has 2 bridgehead atoms. The van der Waals surface area contributed by atoms with Gasteiger partial charge in [0.2, 0.25) is 0 Å². The van der Waals surface area contributed by atoms with Crippen molar-refractivity contribution < 1.29 is 0 Å². The molecule has 0 amide bonds. The highest BCUT2D eigenvalue weighted by molar-refractivity contribution is 5.85. The van der Waals surface area contributed by atoms with Crippen LogP contribution in [-0.2, 0) is 6.54 Å². The van der Waals surface area contributed by atoms with Crippen LogP contribution in [0.3, 0.4) is 0 Å². The summed E-state index contributed by atoms with van der Waals surface area (Å²) in [4.78, 5) is 12.0. The molecule has 6 heteroatoms. The molecule has 1 aromatic heterocycles. The Morgan fingerprint density at radius 3 is 2.46 bits per heavy atom. The van der Waals surface area contributed by atoms with E-state index in [0.717, 1.165) is 24.8 Å². The zero-order valence-electron chi connectivity index (χ0n) is 14.3. The Labute approximate surface area is 158 Å². The fourth-order valence-corrected chi connectivity index (χ4v) is 4.48. The molecular weight excluding hydrogens is 343 g/mol. The first kappa shape index (κ1) is 19.9. The van der Waals surface area contributed by atoms with Gasteiger partial charge in [0.15, 0.2) is 0 Å². The lowest BCUT2D eigenvalue weighted by molar-refractivity contribution is 0.126. The van der Waals surface area contributed by atoms with Gasteiger partial charge >= 0.3 is 0 Å². The molecule has 24 heavy (non-hydrogen) atoms. The van der Waals surface area contributed by atoms with Crippen LogP contribution in [0.5, 0.6) is 0 Å². The van der Waals surface area contributed by atoms with Crippen LogP contribution in [0, 0.1) is 5.92 Å². The van der Waals surface area contributed by atoms with E-state index in [1.165, 1.54) is 63.6 Å². The fourth-order valence-electron chi connectivity index (χ4n) is 4.48. The van der Waals surface area contributed by atoms with Gasteiger partial charge in [-0.2, -0.15) is 0 Å². The highest BCUT2D eigenvalue weighted by Crippen LogP contribution is 2.30. The number of hydrogen-bond acceptors (Lipinski definition) is 4. The second-order valence-corrected chi connectivity index (χ2v) is 7.47. The number of nitrogens with zero attached hydrogens (tertiary/aromatic N) is 3. The van der Waals surface area contributed by atoms with Gasteiger partial charge in [0.05, 0.1) is 0 Å². The number of piperidine rings is 1. The average Bonchev–Trinajstić information content (AvgIpc) is 2.92. The maximum atomic E-state index is 4.70. The van der Waals surface area contributed by atoms with Gasteiger partial charge in [-0.05, 0) is 38.1 Å². The summed E-state index contributed by atoms with van der Waals surface area (Å²) in [7, 11) is 0. The molecule has 4 fully saturated rings. The molecule has 2 atom stereocenters. The lowest BCUT2D eigenvalue weighted by Crippen LogP contribution is -2.43. The van der Waals surface area contributed by atoms with Gasteiger partial charge in [-0.15, -0.1) is 24.8 Å². The Hall–Kier alpha value is -0.420. The normalized spacial score (nSPS) is 27.8. The zero-order chi connectivity index (χ0) is 14.8. The SMILES string of the molecule is Cl.Cl.c1nc(C2CCCCC2)ncc1CN1C[C@@H]2CC[C@H]1CNC2. The summed E-state index contributed by atoms with van der Waals surface area (Å²) < 4.78 is 0. The molecular formula is C18H30Cl2N4. The lowest BCUT2D eigenvalue weighted by Gasteiger charge is -2.36. The van der Waals surface area contributed by atoms with E-state index in [9.17, 15) is 0 Å². The maximum Gasteiger partial charge on any atom is 0.131 e. The third-order valence-electron chi connectivity index (χ3n) is 5.81. The monoisotopic (exact) mass is 372 g/mol. The third kappa shape index (κ3) is 4.60. The Balaban J connectivity index is 0.00000104. The Morgan fingerprint density at radius 1 is 0.958 bits per heavy atom. The summed E-state index contributed by atoms with van der Waals surface area (Å²) in [5.74, 6) is 2.53. The second-order valence-electron chi connectivity index (χ2n) is 7.47. The number of aromatic nitrogens is 2. The second kappa shape index (κ2) is 9.33. The van der Waals surface area contributed by atoms with Crippen molar-refractivity contribution in [2.45, 2.75) is 63.5 Å². The number of fused-ring (bicyclic) bond motifs is 4. The van der Waals surface area contributed by atoms with E-state index < -0.39 is 0 Å². The summed E-state index contributed by atoms with van der Waals surface area (Å²) in [5.41, 5.74) is 1.28. The fraction of sp³-hybridized carbons (Fsp3) is 0.778. The quantitative estimate of drug-likeness (QED) is 0.880. The van der Waals surface area contributed by atoms with E-state index >= 15 is 0 Å². The van der Waals surface area contributed by atoms with Crippen LogP contribution in [0.2, 0.25) is 0 Å². The predicted molar refractivity (Wildman–Crippen MR) is 102 cm³/mol. The molecule has 0 spiro atoms. The summed E-state index contributed by atoms with van der Waals surface area (Å²) in [6.07, 6.45) is 13.6. The van der Waals surface area contributed by atoms with Crippen molar-refractivity contribution in [1.82, 2.24) is 20.2 Å². The van der Waals surface area contributed by atoms with Crippen LogP contribution in [-0.4, -0.2) is 40.5 Å². The first-order valence-corrected chi connectivity index (χ1v) is 9.14. The van der Waals surface area contributed by atoms with E-state index in [-0.39, 0.29) is 24.8 Å². The summed E-state index contributed by atoms with van der Waals surface area (Å²) in [6.45, 7) is 4.61. The zero-order valence-corrected chi connectivity index (χ0v) is 16.0. The van der Waals surface area contributed by atoms with Gasteiger partial charge in [-0.3, -0.25) is 4.90 Å². The van der Waals surface area contributed by atoms with Crippen LogP contribution in [0.4, 0.5) is 0 Å². The van der Waals surface area contributed by atoms with Crippen LogP contribution in [0.15, 0.2) is 12.4 Å². The van der Waals surface area contributed by atoms with Gasteiger partial charge < -0.3 is 5.32 Å². The molecule has 1 N–H and O–H groups in total. The summed E-state index contributed by atoms with van der Waals surface area (Å²) >= 11 is 0. The molecule has 3 aliphatic heterocycles. The molecule has 4 aliphatic rings.